The Bertz CT molecular complexity index is 549. The van der Waals surface area contributed by atoms with E-state index in [9.17, 15) is 4.79 Å². The number of rotatable bonds is 6. The van der Waals surface area contributed by atoms with Gasteiger partial charge in [-0.1, -0.05) is 25.1 Å². The minimum atomic E-state index is 0.0281. The monoisotopic (exact) mass is 318 g/mol. The van der Waals surface area contributed by atoms with Crippen LogP contribution < -0.4 is 9.47 Å². The minimum Gasteiger partial charge on any atom is -0.493 e. The molecule has 0 unspecified atom stereocenters. The highest BCUT2D eigenvalue weighted by atomic mass is 16.5. The lowest BCUT2D eigenvalue weighted by Crippen LogP contribution is -2.49. The van der Waals surface area contributed by atoms with Crippen LogP contribution in [0.25, 0.3) is 6.08 Å². The van der Waals surface area contributed by atoms with Crippen molar-refractivity contribution in [3.8, 4) is 11.5 Å². The largest absolute Gasteiger partial charge is 0.493 e. The normalized spacial score (nSPS) is 15.9. The van der Waals surface area contributed by atoms with Crippen LogP contribution >= 0.6 is 0 Å². The van der Waals surface area contributed by atoms with Crippen molar-refractivity contribution in [2.45, 2.75) is 13.8 Å². The molecule has 1 aliphatic rings. The fourth-order valence-electron chi connectivity index (χ4n) is 2.64. The maximum atomic E-state index is 12.3. The first-order valence-corrected chi connectivity index (χ1v) is 8.11. The van der Waals surface area contributed by atoms with Gasteiger partial charge in [0.15, 0.2) is 18.1 Å². The second-order valence-electron chi connectivity index (χ2n) is 5.51. The molecule has 0 bridgehead atoms. The maximum Gasteiger partial charge on any atom is 0.260 e. The summed E-state index contributed by atoms with van der Waals surface area (Å²) < 4.78 is 11.0. The number of benzene rings is 1. The van der Waals surface area contributed by atoms with E-state index in [-0.39, 0.29) is 12.5 Å². The third-order valence-corrected chi connectivity index (χ3v) is 4.07. The summed E-state index contributed by atoms with van der Waals surface area (Å²) >= 11 is 0. The lowest BCUT2D eigenvalue weighted by Gasteiger charge is -2.34. The van der Waals surface area contributed by atoms with Gasteiger partial charge in [0, 0.05) is 26.2 Å². The smallest absolute Gasteiger partial charge is 0.260 e. The van der Waals surface area contributed by atoms with Gasteiger partial charge in [0.2, 0.25) is 0 Å². The first-order chi connectivity index (χ1) is 11.2. The summed E-state index contributed by atoms with van der Waals surface area (Å²) in [5.41, 5.74) is 1.04. The lowest BCUT2D eigenvalue weighted by atomic mass is 10.2. The summed E-state index contributed by atoms with van der Waals surface area (Å²) in [4.78, 5) is 16.5. The van der Waals surface area contributed by atoms with E-state index < -0.39 is 0 Å². The number of methoxy groups -OCH3 is 1. The summed E-state index contributed by atoms with van der Waals surface area (Å²) in [6.45, 7) is 8.60. The van der Waals surface area contributed by atoms with Gasteiger partial charge in [-0.15, -0.1) is 0 Å². The lowest BCUT2D eigenvalue weighted by molar-refractivity contribution is -0.135. The molecule has 1 aliphatic heterocycles. The summed E-state index contributed by atoms with van der Waals surface area (Å²) in [5, 5.41) is 0. The number of hydrogen-bond donors (Lipinski definition) is 0. The number of piperazine rings is 1. The minimum absolute atomic E-state index is 0.0281. The Labute approximate surface area is 138 Å². The third kappa shape index (κ3) is 4.73. The molecule has 0 saturated carbocycles. The van der Waals surface area contributed by atoms with Crippen LogP contribution in [-0.4, -0.2) is 62.1 Å². The van der Waals surface area contributed by atoms with Gasteiger partial charge in [-0.05, 0) is 31.2 Å². The number of allylic oxidation sites excluding steroid dienone is 1. The molecule has 0 atom stereocenters. The molecule has 0 N–H and O–H groups in total. The van der Waals surface area contributed by atoms with Gasteiger partial charge in [0.1, 0.15) is 0 Å². The molecule has 1 heterocycles. The first kappa shape index (κ1) is 17.3. The molecule has 1 amide bonds. The highest BCUT2D eigenvalue weighted by Gasteiger charge is 2.20. The molecule has 0 aromatic heterocycles. The molecular weight excluding hydrogens is 292 g/mol. The number of ether oxygens (including phenoxy) is 2. The predicted octanol–water partition coefficient (Wildman–Crippen LogP) is 2.27. The number of likely N-dealkylation sites (N-methyl/N-ethyl adjacent to an activating group) is 1. The van der Waals surface area contributed by atoms with Crippen LogP contribution in [0.4, 0.5) is 0 Å². The highest BCUT2D eigenvalue weighted by molar-refractivity contribution is 5.78. The standard InChI is InChI=1S/C18H26N2O3/c1-4-6-15-7-8-16(17(13-15)22-3)23-14-18(21)20-11-9-19(5-2)10-12-20/h4,6-8,13H,5,9-12,14H2,1-3H3. The summed E-state index contributed by atoms with van der Waals surface area (Å²) in [6, 6.07) is 5.69. The number of carbonyl (C=O) groups excluding carboxylic acids is 1. The zero-order valence-corrected chi connectivity index (χ0v) is 14.2. The SMILES string of the molecule is CC=Cc1ccc(OCC(=O)N2CCN(CC)CC2)c(OC)c1. The van der Waals surface area contributed by atoms with Crippen LogP contribution in [0.5, 0.6) is 11.5 Å². The number of nitrogens with zero attached hydrogens (tertiary/aromatic N) is 2. The van der Waals surface area contributed by atoms with Crippen LogP contribution in [0.3, 0.4) is 0 Å². The van der Waals surface area contributed by atoms with Gasteiger partial charge in [-0.3, -0.25) is 4.79 Å². The van der Waals surface area contributed by atoms with Gasteiger partial charge in [-0.2, -0.15) is 0 Å². The summed E-state index contributed by atoms with van der Waals surface area (Å²) in [6.07, 6.45) is 3.96. The van der Waals surface area contributed by atoms with Crippen molar-refractivity contribution in [1.29, 1.82) is 0 Å². The topological polar surface area (TPSA) is 42.0 Å². The second-order valence-corrected chi connectivity index (χ2v) is 5.51. The van der Waals surface area contributed by atoms with Crippen molar-refractivity contribution in [2.24, 2.45) is 0 Å². The Morgan fingerprint density at radius 3 is 2.57 bits per heavy atom. The molecule has 1 aromatic rings. The Balaban J connectivity index is 1.91. The van der Waals surface area contributed by atoms with Crippen LogP contribution in [-0.2, 0) is 4.79 Å². The third-order valence-electron chi connectivity index (χ3n) is 4.07. The molecule has 1 aromatic carbocycles. The molecule has 2 rings (SSSR count). The van der Waals surface area contributed by atoms with E-state index in [1.165, 1.54) is 0 Å². The predicted molar refractivity (Wildman–Crippen MR) is 91.9 cm³/mol. The van der Waals surface area contributed by atoms with Crippen LogP contribution in [0, 0.1) is 0 Å². The Kier molecular flexibility index (Phi) is 6.47. The van der Waals surface area contributed by atoms with Crippen molar-refractivity contribution in [3.05, 3.63) is 29.8 Å². The molecular formula is C18H26N2O3. The Morgan fingerprint density at radius 1 is 1.22 bits per heavy atom. The molecule has 0 aliphatic carbocycles. The second kappa shape index (κ2) is 8.58. The van der Waals surface area contributed by atoms with E-state index >= 15 is 0 Å². The van der Waals surface area contributed by atoms with Gasteiger partial charge in [0.25, 0.3) is 5.91 Å². The Hall–Kier alpha value is -2.01. The molecule has 0 spiro atoms. The van der Waals surface area contributed by atoms with Gasteiger partial charge >= 0.3 is 0 Å². The molecule has 126 valence electrons. The van der Waals surface area contributed by atoms with Crippen molar-refractivity contribution in [3.63, 3.8) is 0 Å². The van der Waals surface area contributed by atoms with E-state index in [1.54, 1.807) is 7.11 Å². The fourth-order valence-corrected chi connectivity index (χ4v) is 2.64. The van der Waals surface area contributed by atoms with Gasteiger partial charge in [-0.25, -0.2) is 0 Å². The van der Waals surface area contributed by atoms with E-state index in [0.717, 1.165) is 38.3 Å². The van der Waals surface area contributed by atoms with Crippen molar-refractivity contribution in [1.82, 2.24) is 9.80 Å². The van der Waals surface area contributed by atoms with Crippen molar-refractivity contribution in [2.75, 3.05) is 46.4 Å². The van der Waals surface area contributed by atoms with Crippen LogP contribution in [0.2, 0.25) is 0 Å². The fraction of sp³-hybridized carbons (Fsp3) is 0.500. The zero-order chi connectivity index (χ0) is 16.7. The van der Waals surface area contributed by atoms with Crippen LogP contribution in [0.15, 0.2) is 24.3 Å². The average molecular weight is 318 g/mol. The van der Waals surface area contributed by atoms with E-state index in [4.69, 9.17) is 9.47 Å². The molecule has 0 radical (unpaired) electrons. The quantitative estimate of drug-likeness (QED) is 0.807. The van der Waals surface area contributed by atoms with E-state index in [1.807, 2.05) is 42.2 Å². The first-order valence-electron chi connectivity index (χ1n) is 8.11. The number of carbonyl (C=O) groups is 1. The van der Waals surface area contributed by atoms with E-state index in [0.29, 0.717) is 11.5 Å². The Morgan fingerprint density at radius 2 is 1.96 bits per heavy atom. The van der Waals surface area contributed by atoms with Gasteiger partial charge < -0.3 is 19.3 Å². The average Bonchev–Trinajstić information content (AvgIpc) is 2.60. The molecule has 5 nitrogen and oxygen atoms in total. The van der Waals surface area contributed by atoms with Gasteiger partial charge in [0.05, 0.1) is 7.11 Å². The molecule has 23 heavy (non-hydrogen) atoms. The molecule has 1 fully saturated rings. The number of amides is 1. The van der Waals surface area contributed by atoms with Crippen molar-refractivity contribution < 1.29 is 14.3 Å². The summed E-state index contributed by atoms with van der Waals surface area (Å²) in [7, 11) is 1.60. The maximum absolute atomic E-state index is 12.3. The van der Waals surface area contributed by atoms with Crippen LogP contribution in [0.1, 0.15) is 19.4 Å². The zero-order valence-electron chi connectivity index (χ0n) is 14.2. The summed E-state index contributed by atoms with van der Waals surface area (Å²) in [5.74, 6) is 1.27. The van der Waals surface area contributed by atoms with E-state index in [2.05, 4.69) is 11.8 Å². The molecule has 5 heteroatoms. The number of hydrogen-bond acceptors (Lipinski definition) is 4. The van der Waals surface area contributed by atoms with Crippen molar-refractivity contribution >= 4 is 12.0 Å². The molecule has 1 saturated heterocycles. The highest BCUT2D eigenvalue weighted by Crippen LogP contribution is 2.28.